The Labute approximate surface area is 149 Å². The van der Waals surface area contributed by atoms with Crippen LogP contribution in [0, 0.1) is 0 Å². The average molecular weight is 332 g/mol. The maximum absolute atomic E-state index is 12.5. The normalized spacial score (nSPS) is 11.7. The van der Waals surface area contributed by atoms with Crippen molar-refractivity contribution in [3.05, 3.63) is 35.4 Å². The minimum Gasteiger partial charge on any atom is -0.322 e. The topological polar surface area (TPSA) is 43.1 Å². The maximum atomic E-state index is 12.5. The molecule has 0 bridgehead atoms. The van der Waals surface area contributed by atoms with E-state index in [1.54, 1.807) is 0 Å². The van der Waals surface area contributed by atoms with Gasteiger partial charge in [-0.25, -0.2) is 0 Å². The van der Waals surface area contributed by atoms with E-state index in [0.29, 0.717) is 6.42 Å². The van der Waals surface area contributed by atoms with Gasteiger partial charge in [0.2, 0.25) is 0 Å². The van der Waals surface area contributed by atoms with Crippen molar-refractivity contribution in [1.82, 2.24) is 0 Å². The molecule has 0 aromatic heterocycles. The Kier molecular flexibility index (Phi) is 9.94. The van der Waals surface area contributed by atoms with Crippen LogP contribution in [-0.2, 0) is 5.54 Å². The number of nitrogens with two attached hydrogens (primary N) is 1. The van der Waals surface area contributed by atoms with E-state index in [1.165, 1.54) is 51.4 Å². The van der Waals surface area contributed by atoms with E-state index in [2.05, 4.69) is 6.92 Å². The van der Waals surface area contributed by atoms with Crippen molar-refractivity contribution < 1.29 is 4.79 Å². The summed E-state index contributed by atoms with van der Waals surface area (Å²) in [5, 5.41) is 0. The summed E-state index contributed by atoms with van der Waals surface area (Å²) in [4.78, 5) is 12.5. The van der Waals surface area contributed by atoms with Crippen LogP contribution >= 0.6 is 0 Å². The maximum Gasteiger partial charge on any atom is 0.163 e. The average Bonchev–Trinajstić information content (AvgIpc) is 2.55. The fourth-order valence-corrected chi connectivity index (χ4v) is 3.20. The number of ketones is 1. The Hall–Kier alpha value is -1.15. The highest BCUT2D eigenvalue weighted by atomic mass is 16.1. The summed E-state index contributed by atoms with van der Waals surface area (Å²) in [5.74, 6) is 0.240. The van der Waals surface area contributed by atoms with Crippen molar-refractivity contribution in [3.63, 3.8) is 0 Å². The Morgan fingerprint density at radius 1 is 0.875 bits per heavy atom. The Morgan fingerprint density at radius 2 is 1.38 bits per heavy atom. The molecule has 24 heavy (non-hydrogen) atoms. The highest BCUT2D eigenvalue weighted by molar-refractivity contribution is 5.97. The second-order valence-electron chi connectivity index (χ2n) is 7.62. The van der Waals surface area contributed by atoms with Crippen molar-refractivity contribution in [1.29, 1.82) is 0 Å². The number of carbonyl (C=O) groups is 1. The first-order valence-corrected chi connectivity index (χ1v) is 9.88. The lowest BCUT2D eigenvalue weighted by Gasteiger charge is -2.22. The minimum atomic E-state index is -0.468. The molecule has 136 valence electrons. The van der Waals surface area contributed by atoms with Gasteiger partial charge in [-0.2, -0.15) is 0 Å². The van der Waals surface area contributed by atoms with E-state index in [9.17, 15) is 4.79 Å². The number of benzene rings is 1. The lowest BCUT2D eigenvalue weighted by Crippen LogP contribution is -2.30. The molecule has 2 N–H and O–H groups in total. The fraction of sp³-hybridized carbons (Fsp3) is 0.682. The van der Waals surface area contributed by atoms with Gasteiger partial charge in [-0.3, -0.25) is 4.79 Å². The summed E-state index contributed by atoms with van der Waals surface area (Å²) in [6.07, 6.45) is 13.6. The summed E-state index contributed by atoms with van der Waals surface area (Å²) in [5.41, 5.74) is 7.49. The molecule has 0 aliphatic rings. The van der Waals surface area contributed by atoms with Crippen LogP contribution in [0.5, 0.6) is 0 Å². The molecule has 2 nitrogen and oxygen atoms in total. The van der Waals surface area contributed by atoms with Crippen molar-refractivity contribution >= 4 is 5.78 Å². The van der Waals surface area contributed by atoms with Crippen LogP contribution in [0.4, 0.5) is 0 Å². The van der Waals surface area contributed by atoms with Gasteiger partial charge in [-0.1, -0.05) is 89.0 Å². The molecule has 1 aromatic carbocycles. The SMILES string of the molecule is CCCCCCCCCCCCC(=O)c1ccccc1C(C)(C)N. The van der Waals surface area contributed by atoms with Crippen molar-refractivity contribution in [2.45, 2.75) is 96.9 Å². The van der Waals surface area contributed by atoms with Gasteiger partial charge in [0.1, 0.15) is 0 Å². The zero-order valence-electron chi connectivity index (χ0n) is 16.1. The van der Waals surface area contributed by atoms with Crippen LogP contribution in [0.15, 0.2) is 24.3 Å². The largest absolute Gasteiger partial charge is 0.322 e. The predicted octanol–water partition coefficient (Wildman–Crippen LogP) is 6.37. The van der Waals surface area contributed by atoms with Gasteiger partial charge in [0, 0.05) is 17.5 Å². The van der Waals surface area contributed by atoms with Crippen molar-refractivity contribution in [2.75, 3.05) is 0 Å². The monoisotopic (exact) mass is 331 g/mol. The Bertz CT molecular complexity index is 473. The summed E-state index contributed by atoms with van der Waals surface area (Å²) in [7, 11) is 0. The van der Waals surface area contributed by atoms with Gasteiger partial charge in [0.05, 0.1) is 0 Å². The molecular weight excluding hydrogens is 294 g/mol. The first-order valence-electron chi connectivity index (χ1n) is 9.88. The molecule has 1 rings (SSSR count). The number of carbonyl (C=O) groups excluding carboxylic acids is 1. The van der Waals surface area contributed by atoms with Crippen LogP contribution in [0.25, 0.3) is 0 Å². The molecular formula is C22H37NO. The molecule has 0 saturated heterocycles. The van der Waals surface area contributed by atoms with Crippen LogP contribution in [0.3, 0.4) is 0 Å². The predicted molar refractivity (Wildman–Crippen MR) is 104 cm³/mol. The minimum absolute atomic E-state index is 0.240. The fourth-order valence-electron chi connectivity index (χ4n) is 3.20. The Morgan fingerprint density at radius 3 is 1.92 bits per heavy atom. The van der Waals surface area contributed by atoms with Crippen LogP contribution in [0.1, 0.15) is 107 Å². The molecule has 0 spiro atoms. The number of rotatable bonds is 13. The number of hydrogen-bond donors (Lipinski definition) is 1. The second-order valence-corrected chi connectivity index (χ2v) is 7.62. The van der Waals surface area contributed by atoms with Crippen LogP contribution in [-0.4, -0.2) is 5.78 Å². The molecule has 2 heteroatoms. The molecule has 0 aliphatic carbocycles. The van der Waals surface area contributed by atoms with E-state index in [4.69, 9.17) is 5.73 Å². The molecule has 0 unspecified atom stereocenters. The van der Waals surface area contributed by atoms with E-state index in [-0.39, 0.29) is 5.78 Å². The molecule has 0 radical (unpaired) electrons. The van der Waals surface area contributed by atoms with Gasteiger partial charge in [-0.15, -0.1) is 0 Å². The Balaban J connectivity index is 2.21. The zero-order chi connectivity index (χ0) is 17.8. The molecule has 0 fully saturated rings. The molecule has 0 atom stereocenters. The molecule has 0 heterocycles. The van der Waals surface area contributed by atoms with E-state index < -0.39 is 5.54 Å². The quantitative estimate of drug-likeness (QED) is 0.337. The number of unbranched alkanes of at least 4 members (excludes halogenated alkanes) is 9. The molecule has 1 aromatic rings. The molecule has 0 amide bonds. The van der Waals surface area contributed by atoms with Gasteiger partial charge in [0.15, 0.2) is 5.78 Å². The van der Waals surface area contributed by atoms with Crippen molar-refractivity contribution in [2.24, 2.45) is 5.73 Å². The smallest absolute Gasteiger partial charge is 0.163 e. The van der Waals surface area contributed by atoms with Gasteiger partial charge in [0.25, 0.3) is 0 Å². The summed E-state index contributed by atoms with van der Waals surface area (Å²) >= 11 is 0. The van der Waals surface area contributed by atoms with Gasteiger partial charge < -0.3 is 5.73 Å². The lowest BCUT2D eigenvalue weighted by atomic mass is 9.88. The summed E-state index contributed by atoms with van der Waals surface area (Å²) in [6.45, 7) is 6.17. The number of hydrogen-bond acceptors (Lipinski definition) is 2. The van der Waals surface area contributed by atoms with Gasteiger partial charge in [-0.05, 0) is 25.8 Å². The van der Waals surface area contributed by atoms with Crippen molar-refractivity contribution in [3.8, 4) is 0 Å². The second kappa shape index (κ2) is 11.4. The molecule has 0 saturated carbocycles. The first-order chi connectivity index (χ1) is 11.5. The summed E-state index contributed by atoms with van der Waals surface area (Å²) in [6, 6.07) is 7.79. The lowest BCUT2D eigenvalue weighted by molar-refractivity contribution is 0.0977. The van der Waals surface area contributed by atoms with E-state index >= 15 is 0 Å². The number of Topliss-reactive ketones (excluding diaryl/α,β-unsaturated/α-hetero) is 1. The van der Waals surface area contributed by atoms with E-state index in [0.717, 1.165) is 24.0 Å². The third-order valence-electron chi connectivity index (χ3n) is 4.68. The van der Waals surface area contributed by atoms with Crippen LogP contribution < -0.4 is 5.73 Å². The highest BCUT2D eigenvalue weighted by Gasteiger charge is 2.21. The standard InChI is InChI=1S/C22H37NO/c1-4-5-6-7-8-9-10-11-12-13-18-21(24)19-16-14-15-17-20(19)22(2,3)23/h14-17H,4-13,18,23H2,1-3H3. The zero-order valence-corrected chi connectivity index (χ0v) is 16.1. The first kappa shape index (κ1) is 20.9. The third kappa shape index (κ3) is 8.10. The van der Waals surface area contributed by atoms with E-state index in [1.807, 2.05) is 38.1 Å². The third-order valence-corrected chi connectivity index (χ3v) is 4.68. The summed E-state index contributed by atoms with van der Waals surface area (Å²) < 4.78 is 0. The van der Waals surface area contributed by atoms with Crippen LogP contribution in [0.2, 0.25) is 0 Å². The molecule has 0 aliphatic heterocycles. The van der Waals surface area contributed by atoms with Gasteiger partial charge >= 0.3 is 0 Å². The highest BCUT2D eigenvalue weighted by Crippen LogP contribution is 2.23.